The Morgan fingerprint density at radius 1 is 0.900 bits per heavy atom. The molecule has 0 aliphatic carbocycles. The highest BCUT2D eigenvalue weighted by molar-refractivity contribution is 5.95. The molecule has 1 fully saturated rings. The summed E-state index contributed by atoms with van der Waals surface area (Å²) in [6, 6.07) is 23.8. The van der Waals surface area contributed by atoms with Crippen LogP contribution in [-0.4, -0.2) is 52.4 Å². The van der Waals surface area contributed by atoms with Gasteiger partial charge in [-0.2, -0.15) is 20.1 Å². The molecule has 12 nitrogen and oxygen atoms in total. The number of aromatic nitrogens is 3. The van der Waals surface area contributed by atoms with E-state index in [-0.39, 0.29) is 11.6 Å². The fourth-order valence-electron chi connectivity index (χ4n) is 4.31. The first-order valence-electron chi connectivity index (χ1n) is 12.6. The fraction of sp³-hybridized carbons (Fsp3) is 0.143. The third-order valence-electron chi connectivity index (χ3n) is 6.30. The van der Waals surface area contributed by atoms with Crippen molar-refractivity contribution in [2.24, 2.45) is 5.10 Å². The summed E-state index contributed by atoms with van der Waals surface area (Å²) < 4.78 is 11.3. The lowest BCUT2D eigenvalue weighted by molar-refractivity contribution is -0.384. The van der Waals surface area contributed by atoms with Crippen LogP contribution in [0.1, 0.15) is 5.76 Å². The quantitative estimate of drug-likeness (QED) is 0.154. The molecule has 0 bridgehead atoms. The van der Waals surface area contributed by atoms with Gasteiger partial charge in [0.25, 0.3) is 5.69 Å². The molecule has 200 valence electrons. The molecule has 12 heteroatoms. The van der Waals surface area contributed by atoms with E-state index < -0.39 is 4.92 Å². The average molecular weight is 537 g/mol. The van der Waals surface area contributed by atoms with E-state index in [1.807, 2.05) is 35.2 Å². The number of fused-ring (bicyclic) bond motifs is 1. The molecule has 0 radical (unpaired) electrons. The Balaban J connectivity index is 1.23. The molecule has 3 aromatic carbocycles. The molecule has 2 aromatic heterocycles. The maximum absolute atomic E-state index is 10.9. The van der Waals surface area contributed by atoms with Crippen molar-refractivity contribution < 1.29 is 14.1 Å². The molecule has 2 N–H and O–H groups in total. The zero-order valence-electron chi connectivity index (χ0n) is 21.2. The molecular formula is C28H24N8O4. The topological polar surface area (TPSA) is 144 Å². The predicted molar refractivity (Wildman–Crippen MR) is 152 cm³/mol. The number of hydrogen-bond acceptors (Lipinski definition) is 11. The van der Waals surface area contributed by atoms with Crippen LogP contribution in [-0.2, 0) is 4.74 Å². The molecule has 5 aromatic rings. The minimum Gasteiger partial charge on any atom is -0.455 e. The molecule has 0 unspecified atom stereocenters. The lowest BCUT2D eigenvalue weighted by Gasteiger charge is -2.27. The van der Waals surface area contributed by atoms with Gasteiger partial charge in [0.05, 0.1) is 24.4 Å². The Hall–Kier alpha value is -5.36. The van der Waals surface area contributed by atoms with Gasteiger partial charge < -0.3 is 19.4 Å². The largest absolute Gasteiger partial charge is 0.455 e. The van der Waals surface area contributed by atoms with E-state index in [4.69, 9.17) is 9.15 Å². The first kappa shape index (κ1) is 24.9. The van der Waals surface area contributed by atoms with Crippen molar-refractivity contribution in [3.8, 4) is 11.3 Å². The van der Waals surface area contributed by atoms with Crippen molar-refractivity contribution in [3.05, 3.63) is 94.7 Å². The molecule has 3 heterocycles. The van der Waals surface area contributed by atoms with Gasteiger partial charge in [-0.05, 0) is 35.7 Å². The number of furan rings is 1. The van der Waals surface area contributed by atoms with E-state index in [0.29, 0.717) is 49.7 Å². The average Bonchev–Trinajstić information content (AvgIpc) is 3.47. The summed E-state index contributed by atoms with van der Waals surface area (Å²) in [6.45, 7) is 2.51. The fourth-order valence-corrected chi connectivity index (χ4v) is 4.31. The van der Waals surface area contributed by atoms with E-state index in [0.717, 1.165) is 22.0 Å². The molecule has 0 saturated carbocycles. The number of benzene rings is 3. The van der Waals surface area contributed by atoms with Crippen molar-refractivity contribution in [1.29, 1.82) is 0 Å². The number of nitrogens with zero attached hydrogens (tertiary/aromatic N) is 6. The lowest BCUT2D eigenvalue weighted by Crippen LogP contribution is -2.37. The first-order chi connectivity index (χ1) is 19.6. The van der Waals surface area contributed by atoms with Gasteiger partial charge in [-0.25, -0.2) is 5.43 Å². The first-order valence-corrected chi connectivity index (χ1v) is 12.6. The van der Waals surface area contributed by atoms with Crippen molar-refractivity contribution in [2.75, 3.05) is 41.9 Å². The van der Waals surface area contributed by atoms with Crippen LogP contribution in [0.2, 0.25) is 0 Å². The summed E-state index contributed by atoms with van der Waals surface area (Å²) >= 11 is 0. The van der Waals surface area contributed by atoms with Crippen LogP contribution in [0, 0.1) is 10.1 Å². The van der Waals surface area contributed by atoms with Gasteiger partial charge in [-0.15, -0.1) is 0 Å². The summed E-state index contributed by atoms with van der Waals surface area (Å²) in [5.74, 6) is 2.20. The Kier molecular flexibility index (Phi) is 6.97. The number of ether oxygens (including phenoxy) is 1. The van der Waals surface area contributed by atoms with Gasteiger partial charge in [0.15, 0.2) is 0 Å². The van der Waals surface area contributed by atoms with E-state index in [9.17, 15) is 10.1 Å². The Morgan fingerprint density at radius 2 is 1.68 bits per heavy atom. The highest BCUT2D eigenvalue weighted by Crippen LogP contribution is 2.27. The normalized spacial score (nSPS) is 13.6. The summed E-state index contributed by atoms with van der Waals surface area (Å²) in [7, 11) is 0. The van der Waals surface area contributed by atoms with Crippen molar-refractivity contribution in [2.45, 2.75) is 0 Å². The number of nitrogens with one attached hydrogen (secondary N) is 2. The van der Waals surface area contributed by atoms with E-state index >= 15 is 0 Å². The Bertz CT molecular complexity index is 1670. The van der Waals surface area contributed by atoms with Crippen LogP contribution in [0.25, 0.3) is 22.1 Å². The summed E-state index contributed by atoms with van der Waals surface area (Å²) in [6.07, 6.45) is 1.50. The van der Waals surface area contributed by atoms with Crippen LogP contribution in [0.5, 0.6) is 0 Å². The van der Waals surface area contributed by atoms with Gasteiger partial charge in [0, 0.05) is 41.9 Å². The highest BCUT2D eigenvalue weighted by atomic mass is 16.6. The molecular weight excluding hydrogens is 512 g/mol. The number of non-ortho nitro benzene ring substituents is 1. The smallest absolute Gasteiger partial charge is 0.269 e. The maximum Gasteiger partial charge on any atom is 0.269 e. The van der Waals surface area contributed by atoms with Crippen LogP contribution < -0.4 is 15.6 Å². The summed E-state index contributed by atoms with van der Waals surface area (Å²) in [4.78, 5) is 26.3. The van der Waals surface area contributed by atoms with E-state index in [1.54, 1.807) is 24.3 Å². The summed E-state index contributed by atoms with van der Waals surface area (Å²) in [5.41, 5.74) is 4.49. The number of nitro groups is 1. The third kappa shape index (κ3) is 5.56. The molecule has 0 atom stereocenters. The maximum atomic E-state index is 10.9. The van der Waals surface area contributed by atoms with Crippen LogP contribution in [0.3, 0.4) is 0 Å². The molecule has 1 aliphatic heterocycles. The minimum absolute atomic E-state index is 0.0180. The molecule has 6 rings (SSSR count). The minimum atomic E-state index is -0.440. The second kappa shape index (κ2) is 11.2. The van der Waals surface area contributed by atoms with Crippen molar-refractivity contribution >= 4 is 46.2 Å². The molecule has 1 saturated heterocycles. The molecule has 1 aliphatic rings. The molecule has 0 amide bonds. The van der Waals surface area contributed by atoms with Crippen LogP contribution >= 0.6 is 0 Å². The Labute approximate surface area is 228 Å². The van der Waals surface area contributed by atoms with Gasteiger partial charge in [0.1, 0.15) is 11.5 Å². The van der Waals surface area contributed by atoms with Crippen LogP contribution in [0.4, 0.5) is 29.2 Å². The molecule has 40 heavy (non-hydrogen) atoms. The highest BCUT2D eigenvalue weighted by Gasteiger charge is 2.17. The number of rotatable bonds is 8. The van der Waals surface area contributed by atoms with Crippen molar-refractivity contribution in [1.82, 2.24) is 15.0 Å². The lowest BCUT2D eigenvalue weighted by atomic mass is 10.1. The van der Waals surface area contributed by atoms with Crippen molar-refractivity contribution in [3.63, 3.8) is 0 Å². The van der Waals surface area contributed by atoms with Gasteiger partial charge in [0.2, 0.25) is 17.8 Å². The Morgan fingerprint density at radius 3 is 2.50 bits per heavy atom. The van der Waals surface area contributed by atoms with Gasteiger partial charge in [-0.3, -0.25) is 10.1 Å². The zero-order chi connectivity index (χ0) is 27.3. The number of anilines is 4. The van der Waals surface area contributed by atoms with Gasteiger partial charge >= 0.3 is 0 Å². The molecule has 0 spiro atoms. The van der Waals surface area contributed by atoms with Gasteiger partial charge in [-0.1, -0.05) is 36.4 Å². The zero-order valence-corrected chi connectivity index (χ0v) is 21.2. The second-order valence-electron chi connectivity index (χ2n) is 8.91. The second-order valence-corrected chi connectivity index (χ2v) is 8.91. The monoisotopic (exact) mass is 536 g/mol. The predicted octanol–water partition coefficient (Wildman–Crippen LogP) is 5.22. The summed E-state index contributed by atoms with van der Waals surface area (Å²) in [5, 5.41) is 20.6. The standard InChI is InChI=1S/C28H24N8O4/c37-36(38)21-10-8-20(9-11-21)25-13-12-22(40-25)18-29-34-27-31-26(32-28(33-27)35-14-16-39-17-15-35)30-24-7-3-5-19-4-1-2-6-23(19)24/h1-13,18H,14-17H2,(H2,30,31,32,33,34)/b29-18+. The van der Waals surface area contributed by atoms with E-state index in [1.165, 1.54) is 18.3 Å². The number of morpholine rings is 1. The van der Waals surface area contributed by atoms with E-state index in [2.05, 4.69) is 42.9 Å². The SMILES string of the molecule is O=[N+]([O-])c1ccc(-c2ccc(/C=N/Nc3nc(Nc4cccc5ccccc45)nc(N4CCOCC4)n3)o2)cc1. The number of nitro benzene ring substituents is 1. The third-order valence-corrected chi connectivity index (χ3v) is 6.30. The number of hydrazone groups is 1. The van der Waals surface area contributed by atoms with Crippen LogP contribution in [0.15, 0.2) is 88.4 Å². The number of hydrogen-bond donors (Lipinski definition) is 2.